The Balaban J connectivity index is -0.000000762. The number of hydrogen-bond donors (Lipinski definition) is 5. The first kappa shape index (κ1) is 38.2. The molecule has 0 aliphatic carbocycles. The summed E-state index contributed by atoms with van der Waals surface area (Å²) >= 11 is 6.21. The summed E-state index contributed by atoms with van der Waals surface area (Å²) in [6.07, 6.45) is 2.91. The van der Waals surface area contributed by atoms with E-state index >= 15 is 0 Å². The van der Waals surface area contributed by atoms with Crippen LogP contribution in [-0.2, 0) is 10.0 Å². The van der Waals surface area contributed by atoms with Gasteiger partial charge in [0, 0.05) is 11.1 Å². The molecule has 1 heterocycles. The Morgan fingerprint density at radius 3 is 2.05 bits per heavy atom. The number of hydrogen-bond acceptors (Lipinski definition) is 7. The van der Waals surface area contributed by atoms with Gasteiger partial charge in [-0.05, 0) is 37.3 Å². The number of aromatic nitrogens is 1. The molecule has 8 N–H and O–H groups in total. The van der Waals surface area contributed by atoms with Crippen molar-refractivity contribution in [2.45, 2.75) is 19.2 Å². The van der Waals surface area contributed by atoms with Crippen LogP contribution < -0.4 is 21.3 Å². The van der Waals surface area contributed by atoms with E-state index in [1.54, 1.807) is 30.3 Å². The van der Waals surface area contributed by atoms with E-state index in [9.17, 15) is 12.8 Å². The summed E-state index contributed by atoms with van der Waals surface area (Å²) in [5, 5.41) is 3.97. The van der Waals surface area contributed by atoms with Crippen LogP contribution in [0.4, 0.5) is 14.0 Å². The molecule has 11 nitrogen and oxygen atoms in total. The number of benzene rings is 2. The molecule has 1 aromatic heterocycles. The Labute approximate surface area is 226 Å². The zero-order valence-corrected chi connectivity index (χ0v) is 21.8. The van der Waals surface area contributed by atoms with E-state index in [1.165, 1.54) is 25.3 Å². The Kier molecular flexibility index (Phi) is 19.4. The summed E-state index contributed by atoms with van der Waals surface area (Å²) in [6.45, 7) is 5.25. The van der Waals surface area contributed by atoms with E-state index in [4.69, 9.17) is 23.9 Å². The number of nitrogens with zero attached hydrogens (tertiary/aromatic N) is 1. The molecule has 3 aromatic rings. The minimum atomic E-state index is -3.96. The van der Waals surface area contributed by atoms with Gasteiger partial charge in [-0.3, -0.25) is 9.59 Å². The third-order valence-electron chi connectivity index (χ3n) is 3.43. The van der Waals surface area contributed by atoms with E-state index in [1.807, 2.05) is 6.92 Å². The molecule has 0 fully saturated rings. The largest absolute Gasteiger partial charge is 0.494 e. The number of carbonyl (C=O) groups excluding carboxylic acids is 2. The number of carbonyl (C=O) groups is 2. The van der Waals surface area contributed by atoms with E-state index in [0.29, 0.717) is 11.3 Å². The fraction of sp³-hybridized carbons (Fsp3) is 0.136. The van der Waals surface area contributed by atoms with Gasteiger partial charge in [0.1, 0.15) is 5.69 Å². The molecule has 3 rings (SSSR count). The van der Waals surface area contributed by atoms with Crippen LogP contribution in [0.25, 0.3) is 22.6 Å². The second kappa shape index (κ2) is 18.8. The van der Waals surface area contributed by atoms with Crippen LogP contribution in [0.3, 0.4) is 0 Å². The Bertz CT molecular complexity index is 1230. The lowest BCUT2D eigenvalue weighted by atomic mass is 10.1. The van der Waals surface area contributed by atoms with Crippen molar-refractivity contribution in [1.82, 2.24) is 4.98 Å². The number of rotatable bonds is 4. The smallest absolute Gasteiger partial charge is 0.273 e. The molecule has 2 aromatic carbocycles. The molecule has 0 atom stereocenters. The number of halogens is 1. The summed E-state index contributed by atoms with van der Waals surface area (Å²) < 4.78 is 47.7. The second-order valence-corrected chi connectivity index (χ2v) is 8.42. The minimum absolute atomic E-state index is 0. The average molecular weight is 579 g/mol. The van der Waals surface area contributed by atoms with Crippen molar-refractivity contribution >= 4 is 45.8 Å². The highest BCUT2D eigenvalue weighted by Gasteiger charge is 2.21. The van der Waals surface area contributed by atoms with Crippen molar-refractivity contribution in [2.24, 2.45) is 16.6 Å². The van der Waals surface area contributed by atoms with Crippen molar-refractivity contribution in [1.29, 1.82) is 0 Å². The SMILES string of the molecule is C.C=CC.COc1ccc(-c2ncoc2-c2ccccc2S(N)(=O)=O)cc1F.NC(=O)S.NC(=O)S.O. The first-order valence-corrected chi connectivity index (χ1v) is 11.7. The summed E-state index contributed by atoms with van der Waals surface area (Å²) in [4.78, 5) is 22.1. The molecule has 0 saturated carbocycles. The van der Waals surface area contributed by atoms with Gasteiger partial charge in [0.05, 0.1) is 12.0 Å². The van der Waals surface area contributed by atoms with Crippen LogP contribution in [0.2, 0.25) is 0 Å². The van der Waals surface area contributed by atoms with Gasteiger partial charge < -0.3 is 26.1 Å². The maximum Gasteiger partial charge on any atom is 0.273 e. The Morgan fingerprint density at radius 1 is 1.14 bits per heavy atom. The number of thiol groups is 2. The van der Waals surface area contributed by atoms with Gasteiger partial charge in [-0.15, -0.1) is 6.58 Å². The van der Waals surface area contributed by atoms with Gasteiger partial charge in [-0.25, -0.2) is 22.9 Å². The zero-order valence-electron chi connectivity index (χ0n) is 19.2. The lowest BCUT2D eigenvalue weighted by Gasteiger charge is -2.08. The van der Waals surface area contributed by atoms with E-state index in [2.05, 4.69) is 48.3 Å². The van der Waals surface area contributed by atoms with E-state index in [-0.39, 0.29) is 34.9 Å². The third kappa shape index (κ3) is 14.1. The normalized spacial score (nSPS) is 9.14. The van der Waals surface area contributed by atoms with Gasteiger partial charge >= 0.3 is 0 Å². The highest BCUT2D eigenvalue weighted by molar-refractivity contribution is 7.96. The summed E-state index contributed by atoms with van der Waals surface area (Å²) in [6, 6.07) is 10.4. The molecule has 0 saturated heterocycles. The van der Waals surface area contributed by atoms with Gasteiger partial charge in [0.15, 0.2) is 23.7 Å². The standard InChI is InChI=1S/C16H13FN2O4S.C3H6.2CH3NOS.CH4.H2O/c1-22-13-7-6-10(8-12(13)17)15-16(23-9-19-15)11-4-2-3-5-14(11)24(18,20)21;1-3-2;2*2-1(3)4;;/h2-9H,1H3,(H2,18,20,21);3H,1H2,2H3;2*(H3,2,3,4);1H4;1H2. The van der Waals surface area contributed by atoms with Crippen LogP contribution in [0.1, 0.15) is 14.4 Å². The number of allylic oxidation sites excluding steroid dienone is 1. The maximum atomic E-state index is 13.9. The number of ether oxygens (including phenoxy) is 1. The fourth-order valence-corrected chi connectivity index (χ4v) is 3.09. The Morgan fingerprint density at radius 2 is 1.62 bits per heavy atom. The van der Waals surface area contributed by atoms with Crippen LogP contribution in [0.5, 0.6) is 5.75 Å². The molecule has 0 aliphatic heterocycles. The maximum absolute atomic E-state index is 13.9. The number of methoxy groups -OCH3 is 1. The van der Waals surface area contributed by atoms with Crippen molar-refractivity contribution < 1.29 is 37.0 Å². The quantitative estimate of drug-likeness (QED) is 0.228. The molecular formula is C22H31FN4O7S3. The highest BCUT2D eigenvalue weighted by atomic mass is 32.2. The van der Waals surface area contributed by atoms with Gasteiger partial charge in [-0.2, -0.15) is 0 Å². The molecule has 0 spiro atoms. The van der Waals surface area contributed by atoms with Gasteiger partial charge in [-0.1, -0.05) is 50.9 Å². The predicted octanol–water partition coefficient (Wildman–Crippen LogP) is 3.80. The molecule has 37 heavy (non-hydrogen) atoms. The van der Waals surface area contributed by atoms with Crippen molar-refractivity contribution in [3.05, 3.63) is 67.3 Å². The lowest BCUT2D eigenvalue weighted by molar-refractivity contribution is 0.266. The number of nitrogens with two attached hydrogens (primary N) is 3. The topological polar surface area (TPSA) is 213 Å². The van der Waals surface area contributed by atoms with Crippen LogP contribution >= 0.6 is 25.3 Å². The van der Waals surface area contributed by atoms with Crippen LogP contribution in [0.15, 0.2) is 70.8 Å². The number of amides is 2. The lowest BCUT2D eigenvalue weighted by Crippen LogP contribution is -2.13. The van der Waals surface area contributed by atoms with Crippen molar-refractivity contribution in [2.75, 3.05) is 7.11 Å². The highest BCUT2D eigenvalue weighted by Crippen LogP contribution is 2.35. The molecule has 0 unspecified atom stereocenters. The van der Waals surface area contributed by atoms with Crippen LogP contribution in [-0.4, -0.2) is 36.5 Å². The number of primary amides is 2. The molecule has 0 bridgehead atoms. The second-order valence-electron chi connectivity index (χ2n) is 6.01. The summed E-state index contributed by atoms with van der Waals surface area (Å²) in [5.41, 5.74) is 9.64. The molecule has 0 radical (unpaired) electrons. The summed E-state index contributed by atoms with van der Waals surface area (Å²) in [7, 11) is -2.60. The summed E-state index contributed by atoms with van der Waals surface area (Å²) in [5.74, 6) is -0.290. The van der Waals surface area contributed by atoms with Gasteiger partial charge in [0.25, 0.3) is 10.5 Å². The van der Waals surface area contributed by atoms with Crippen molar-refractivity contribution in [3.8, 4) is 28.3 Å². The monoisotopic (exact) mass is 578 g/mol. The average Bonchev–Trinajstić information content (AvgIpc) is 3.23. The number of primary sulfonamides is 1. The first-order valence-electron chi connectivity index (χ1n) is 9.23. The Hall–Kier alpha value is -3.37. The molecule has 0 aliphatic rings. The first-order chi connectivity index (χ1) is 16.3. The predicted molar refractivity (Wildman–Crippen MR) is 149 cm³/mol. The molecule has 206 valence electrons. The minimum Gasteiger partial charge on any atom is -0.494 e. The fourth-order valence-electron chi connectivity index (χ4n) is 2.36. The third-order valence-corrected chi connectivity index (χ3v) is 4.40. The molecule has 15 heteroatoms. The van der Waals surface area contributed by atoms with Gasteiger partial charge in [0.2, 0.25) is 10.0 Å². The zero-order chi connectivity index (χ0) is 27.2. The molecular weight excluding hydrogens is 547 g/mol. The number of oxazole rings is 1. The van der Waals surface area contributed by atoms with Crippen molar-refractivity contribution in [3.63, 3.8) is 0 Å². The van der Waals surface area contributed by atoms with E-state index in [0.717, 1.165) is 6.39 Å². The van der Waals surface area contributed by atoms with Crippen LogP contribution in [0, 0.1) is 5.82 Å². The van der Waals surface area contributed by atoms with E-state index < -0.39 is 26.3 Å². The molecule has 2 amide bonds. The number of sulfonamides is 1.